The summed E-state index contributed by atoms with van der Waals surface area (Å²) in [6.45, 7) is 0. The number of benzene rings is 3. The van der Waals surface area contributed by atoms with Gasteiger partial charge in [-0.25, -0.2) is 0 Å². The molecule has 126 valence electrons. The number of rotatable bonds is 4. The van der Waals surface area contributed by atoms with Crippen molar-refractivity contribution in [1.82, 2.24) is 0 Å². The first-order valence-corrected chi connectivity index (χ1v) is 8.95. The Balaban J connectivity index is 1.47. The predicted octanol–water partition coefficient (Wildman–Crippen LogP) is 7.00. The standard InChI is InChI=1S/C25H21N/c1-2-5-9-20(8-4-1)22-12-16-24(17-13-22)26-25-18-14-23(15-19-25)21-10-6-3-7-11-21/h1-4,6-19,26H,5H2. The fourth-order valence-electron chi connectivity index (χ4n) is 3.08. The summed E-state index contributed by atoms with van der Waals surface area (Å²) in [7, 11) is 0. The van der Waals surface area contributed by atoms with Gasteiger partial charge in [0.25, 0.3) is 0 Å². The van der Waals surface area contributed by atoms with Crippen LogP contribution in [0, 0.1) is 0 Å². The molecule has 0 atom stereocenters. The summed E-state index contributed by atoms with van der Waals surface area (Å²) < 4.78 is 0. The van der Waals surface area contributed by atoms with Crippen molar-refractivity contribution in [2.75, 3.05) is 5.32 Å². The van der Waals surface area contributed by atoms with Crippen LogP contribution >= 0.6 is 0 Å². The van der Waals surface area contributed by atoms with Gasteiger partial charge in [-0.15, -0.1) is 0 Å². The lowest BCUT2D eigenvalue weighted by atomic mass is 10.0. The molecule has 3 aromatic carbocycles. The van der Waals surface area contributed by atoms with E-state index < -0.39 is 0 Å². The minimum absolute atomic E-state index is 0.982. The summed E-state index contributed by atoms with van der Waals surface area (Å²) in [6, 6.07) is 27.6. The summed E-state index contributed by atoms with van der Waals surface area (Å²) in [4.78, 5) is 0. The van der Waals surface area contributed by atoms with E-state index in [0.717, 1.165) is 17.8 Å². The summed E-state index contributed by atoms with van der Waals surface area (Å²) >= 11 is 0. The van der Waals surface area contributed by atoms with Crippen molar-refractivity contribution in [2.45, 2.75) is 6.42 Å². The molecule has 0 saturated carbocycles. The van der Waals surface area contributed by atoms with E-state index in [1.165, 1.54) is 22.3 Å². The molecule has 1 aliphatic rings. The van der Waals surface area contributed by atoms with Crippen LogP contribution in [-0.4, -0.2) is 0 Å². The highest BCUT2D eigenvalue weighted by Crippen LogP contribution is 2.25. The molecule has 0 amide bonds. The Labute approximate surface area is 155 Å². The number of nitrogens with one attached hydrogen (secondary N) is 1. The van der Waals surface area contributed by atoms with E-state index in [1.807, 2.05) is 6.07 Å². The Morgan fingerprint density at radius 1 is 0.577 bits per heavy atom. The Morgan fingerprint density at radius 2 is 1.19 bits per heavy atom. The normalized spacial score (nSPS) is 13.2. The van der Waals surface area contributed by atoms with Crippen LogP contribution in [0.4, 0.5) is 11.4 Å². The fourth-order valence-corrected chi connectivity index (χ4v) is 3.08. The van der Waals surface area contributed by atoms with Crippen LogP contribution in [0.5, 0.6) is 0 Å². The summed E-state index contributed by atoms with van der Waals surface area (Å²) in [6.07, 6.45) is 11.8. The highest BCUT2D eigenvalue weighted by Gasteiger charge is 2.01. The Kier molecular flexibility index (Phi) is 4.79. The molecule has 0 radical (unpaired) electrons. The van der Waals surface area contributed by atoms with Gasteiger partial charge < -0.3 is 5.32 Å². The largest absolute Gasteiger partial charge is 0.356 e. The van der Waals surface area contributed by atoms with Crippen LogP contribution in [0.1, 0.15) is 12.0 Å². The molecule has 0 saturated heterocycles. The molecule has 4 rings (SSSR count). The Hall–Kier alpha value is -3.32. The Bertz CT molecular complexity index is 943. The van der Waals surface area contributed by atoms with Crippen molar-refractivity contribution in [3.05, 3.63) is 115 Å². The van der Waals surface area contributed by atoms with Gasteiger partial charge in [0, 0.05) is 11.4 Å². The van der Waals surface area contributed by atoms with Gasteiger partial charge in [0.05, 0.1) is 0 Å². The molecule has 1 aliphatic carbocycles. The molecule has 1 nitrogen and oxygen atoms in total. The molecule has 0 bridgehead atoms. The molecule has 1 heteroatoms. The second-order valence-corrected chi connectivity index (χ2v) is 6.33. The first kappa shape index (κ1) is 16.2. The number of allylic oxidation sites excluding steroid dienone is 6. The molecule has 0 heterocycles. The average Bonchev–Trinajstić information content (AvgIpc) is 2.99. The smallest absolute Gasteiger partial charge is 0.0384 e. The zero-order chi connectivity index (χ0) is 17.6. The molecule has 0 aliphatic heterocycles. The van der Waals surface area contributed by atoms with Gasteiger partial charge in [-0.2, -0.15) is 0 Å². The Morgan fingerprint density at radius 3 is 1.88 bits per heavy atom. The second kappa shape index (κ2) is 7.71. The third-order valence-corrected chi connectivity index (χ3v) is 4.50. The molecule has 3 aromatic rings. The van der Waals surface area contributed by atoms with Crippen LogP contribution in [0.2, 0.25) is 0 Å². The van der Waals surface area contributed by atoms with Gasteiger partial charge in [0.15, 0.2) is 0 Å². The first-order valence-electron chi connectivity index (χ1n) is 8.95. The van der Waals surface area contributed by atoms with E-state index in [1.54, 1.807) is 0 Å². The molecule has 1 N–H and O–H groups in total. The van der Waals surface area contributed by atoms with Crippen molar-refractivity contribution in [1.29, 1.82) is 0 Å². The third kappa shape index (κ3) is 3.84. The predicted molar refractivity (Wildman–Crippen MR) is 112 cm³/mol. The van der Waals surface area contributed by atoms with Gasteiger partial charge in [-0.1, -0.05) is 85.0 Å². The van der Waals surface area contributed by atoms with Crippen molar-refractivity contribution in [3.8, 4) is 11.1 Å². The van der Waals surface area contributed by atoms with E-state index >= 15 is 0 Å². The fraction of sp³-hybridized carbons (Fsp3) is 0.0400. The first-order chi connectivity index (χ1) is 12.9. The lowest BCUT2D eigenvalue weighted by Gasteiger charge is -2.09. The van der Waals surface area contributed by atoms with Gasteiger partial charge in [-0.3, -0.25) is 0 Å². The van der Waals surface area contributed by atoms with E-state index in [4.69, 9.17) is 0 Å². The number of anilines is 2. The molecule has 0 spiro atoms. The topological polar surface area (TPSA) is 12.0 Å². The maximum Gasteiger partial charge on any atom is 0.0384 e. The summed E-state index contributed by atoms with van der Waals surface area (Å²) in [5.74, 6) is 0. The van der Waals surface area contributed by atoms with Gasteiger partial charge in [-0.05, 0) is 52.9 Å². The lowest BCUT2D eigenvalue weighted by Crippen LogP contribution is -1.91. The van der Waals surface area contributed by atoms with Gasteiger partial charge >= 0.3 is 0 Å². The van der Waals surface area contributed by atoms with Crippen molar-refractivity contribution < 1.29 is 0 Å². The molecule has 0 fully saturated rings. The maximum atomic E-state index is 3.48. The van der Waals surface area contributed by atoms with E-state index in [-0.39, 0.29) is 0 Å². The van der Waals surface area contributed by atoms with Gasteiger partial charge in [0.2, 0.25) is 0 Å². The second-order valence-electron chi connectivity index (χ2n) is 6.33. The van der Waals surface area contributed by atoms with Crippen molar-refractivity contribution >= 4 is 16.9 Å². The monoisotopic (exact) mass is 335 g/mol. The zero-order valence-electron chi connectivity index (χ0n) is 14.6. The molecular weight excluding hydrogens is 314 g/mol. The summed E-state index contributed by atoms with van der Waals surface area (Å²) in [5, 5.41) is 3.48. The van der Waals surface area contributed by atoms with Crippen LogP contribution < -0.4 is 5.32 Å². The average molecular weight is 335 g/mol. The number of hydrogen-bond donors (Lipinski definition) is 1. The quantitative estimate of drug-likeness (QED) is 0.541. The lowest BCUT2D eigenvalue weighted by molar-refractivity contribution is 1.40. The highest BCUT2D eigenvalue weighted by atomic mass is 14.9. The molecule has 26 heavy (non-hydrogen) atoms. The van der Waals surface area contributed by atoms with Crippen molar-refractivity contribution in [2.24, 2.45) is 0 Å². The van der Waals surface area contributed by atoms with Crippen LogP contribution in [0.15, 0.2) is 109 Å². The van der Waals surface area contributed by atoms with Gasteiger partial charge in [0.1, 0.15) is 0 Å². The third-order valence-electron chi connectivity index (χ3n) is 4.50. The van der Waals surface area contributed by atoms with E-state index in [0.29, 0.717) is 0 Å². The maximum absolute atomic E-state index is 3.48. The summed E-state index contributed by atoms with van der Waals surface area (Å²) in [5.41, 5.74) is 7.17. The van der Waals surface area contributed by atoms with Crippen LogP contribution in [0.25, 0.3) is 16.7 Å². The van der Waals surface area contributed by atoms with E-state index in [9.17, 15) is 0 Å². The highest BCUT2D eigenvalue weighted by molar-refractivity contribution is 5.76. The zero-order valence-corrected chi connectivity index (χ0v) is 14.6. The van der Waals surface area contributed by atoms with E-state index in [2.05, 4.69) is 108 Å². The van der Waals surface area contributed by atoms with Crippen molar-refractivity contribution in [3.63, 3.8) is 0 Å². The van der Waals surface area contributed by atoms with Crippen LogP contribution in [0.3, 0.4) is 0 Å². The minimum atomic E-state index is 0.982. The molecular formula is C25H21N. The van der Waals surface area contributed by atoms with Crippen LogP contribution in [-0.2, 0) is 0 Å². The molecule has 0 unspecified atom stereocenters. The minimum Gasteiger partial charge on any atom is -0.356 e. The number of hydrogen-bond acceptors (Lipinski definition) is 1. The SMILES string of the molecule is C1=CCC=C(c2ccc(Nc3ccc(-c4ccccc4)cc3)cc2)C=C1. The molecule has 0 aromatic heterocycles.